The van der Waals surface area contributed by atoms with Gasteiger partial charge in [-0.05, 0) is 39.3 Å². The molecule has 1 heterocycles. The van der Waals surface area contributed by atoms with Gasteiger partial charge in [-0.3, -0.25) is 4.68 Å². The van der Waals surface area contributed by atoms with E-state index in [1.54, 1.807) is 7.11 Å². The lowest BCUT2D eigenvalue weighted by atomic mass is 10.4. The van der Waals surface area contributed by atoms with E-state index in [0.717, 1.165) is 58.0 Å². The summed E-state index contributed by atoms with van der Waals surface area (Å²) in [5.41, 5.74) is 2.33. The lowest BCUT2D eigenvalue weighted by Gasteiger charge is -2.07. The Morgan fingerprint density at radius 1 is 1.16 bits per heavy atom. The highest BCUT2D eigenvalue weighted by Gasteiger charge is 1.99. The van der Waals surface area contributed by atoms with Crippen molar-refractivity contribution in [1.29, 1.82) is 0 Å². The topological polar surface area (TPSA) is 48.3 Å². The van der Waals surface area contributed by atoms with Gasteiger partial charge in [-0.25, -0.2) is 0 Å². The summed E-state index contributed by atoms with van der Waals surface area (Å²) in [6.07, 6.45) is 2.06. The molecular weight excluding hydrogens is 242 g/mol. The minimum atomic E-state index is 0.767. The SMILES string of the molecule is COCCCOCCNCCCn1nc(C)cc1C. The number of nitrogens with zero attached hydrogens (tertiary/aromatic N) is 2. The number of methoxy groups -OCH3 is 1. The van der Waals surface area contributed by atoms with E-state index >= 15 is 0 Å². The first-order valence-corrected chi connectivity index (χ1v) is 7.02. The van der Waals surface area contributed by atoms with Gasteiger partial charge >= 0.3 is 0 Å². The third kappa shape index (κ3) is 7.30. The van der Waals surface area contributed by atoms with Crippen molar-refractivity contribution < 1.29 is 9.47 Å². The molecule has 0 fully saturated rings. The van der Waals surface area contributed by atoms with Crippen LogP contribution >= 0.6 is 0 Å². The minimum Gasteiger partial charge on any atom is -0.385 e. The summed E-state index contributed by atoms with van der Waals surface area (Å²) in [5, 5.41) is 7.81. The molecule has 0 spiro atoms. The van der Waals surface area contributed by atoms with E-state index in [1.165, 1.54) is 5.69 Å². The van der Waals surface area contributed by atoms with Gasteiger partial charge in [0.2, 0.25) is 0 Å². The molecule has 5 heteroatoms. The fourth-order valence-corrected chi connectivity index (χ4v) is 1.93. The fraction of sp³-hybridized carbons (Fsp3) is 0.786. The molecule has 0 aliphatic carbocycles. The van der Waals surface area contributed by atoms with E-state index in [-0.39, 0.29) is 0 Å². The predicted molar refractivity (Wildman–Crippen MR) is 76.5 cm³/mol. The number of rotatable bonds is 11. The highest BCUT2D eigenvalue weighted by atomic mass is 16.5. The van der Waals surface area contributed by atoms with Gasteiger partial charge in [-0.1, -0.05) is 0 Å². The van der Waals surface area contributed by atoms with Crippen LogP contribution < -0.4 is 5.32 Å². The summed E-state index contributed by atoms with van der Waals surface area (Å²) in [6.45, 7) is 9.33. The Bertz CT molecular complexity index is 339. The van der Waals surface area contributed by atoms with Crippen molar-refractivity contribution in [3.63, 3.8) is 0 Å². The Labute approximate surface area is 116 Å². The van der Waals surface area contributed by atoms with Crippen LogP contribution in [0.2, 0.25) is 0 Å². The Morgan fingerprint density at radius 2 is 2.00 bits per heavy atom. The Balaban J connectivity index is 1.90. The molecule has 0 unspecified atom stereocenters. The summed E-state index contributed by atoms with van der Waals surface area (Å²) in [6, 6.07) is 2.11. The number of nitrogens with one attached hydrogen (secondary N) is 1. The second-order valence-corrected chi connectivity index (χ2v) is 4.71. The van der Waals surface area contributed by atoms with Crippen molar-refractivity contribution in [2.45, 2.75) is 33.2 Å². The Kier molecular flexibility index (Phi) is 8.45. The fourth-order valence-electron chi connectivity index (χ4n) is 1.93. The van der Waals surface area contributed by atoms with Gasteiger partial charge in [0, 0.05) is 39.1 Å². The molecule has 0 amide bonds. The standard InChI is InChI=1S/C14H27N3O2/c1-13-12-14(2)17(16-13)8-4-6-15-7-11-19-10-5-9-18-3/h12,15H,4-11H2,1-3H3. The normalized spacial score (nSPS) is 11.1. The van der Waals surface area contributed by atoms with Crippen molar-refractivity contribution in [2.24, 2.45) is 0 Å². The molecule has 1 N–H and O–H groups in total. The largest absolute Gasteiger partial charge is 0.385 e. The van der Waals surface area contributed by atoms with Gasteiger partial charge in [0.25, 0.3) is 0 Å². The zero-order chi connectivity index (χ0) is 13.9. The van der Waals surface area contributed by atoms with Crippen LogP contribution in [0.4, 0.5) is 0 Å². The quantitative estimate of drug-likeness (QED) is 0.619. The lowest BCUT2D eigenvalue weighted by Crippen LogP contribution is -2.22. The molecule has 0 saturated heterocycles. The third-order valence-corrected chi connectivity index (χ3v) is 2.89. The maximum atomic E-state index is 5.46. The first kappa shape index (κ1) is 16.1. The van der Waals surface area contributed by atoms with Crippen molar-refractivity contribution in [1.82, 2.24) is 15.1 Å². The molecule has 1 aromatic heterocycles. The van der Waals surface area contributed by atoms with Crippen molar-refractivity contribution in [3.8, 4) is 0 Å². The molecule has 0 saturated carbocycles. The second kappa shape index (κ2) is 9.95. The third-order valence-electron chi connectivity index (χ3n) is 2.89. The molecule has 0 aliphatic rings. The number of aryl methyl sites for hydroxylation is 3. The zero-order valence-corrected chi connectivity index (χ0v) is 12.4. The number of ether oxygens (including phenoxy) is 2. The van der Waals surface area contributed by atoms with Crippen LogP contribution in [0, 0.1) is 13.8 Å². The van der Waals surface area contributed by atoms with Gasteiger partial charge in [0.05, 0.1) is 12.3 Å². The monoisotopic (exact) mass is 269 g/mol. The Morgan fingerprint density at radius 3 is 2.68 bits per heavy atom. The molecule has 110 valence electrons. The van der Waals surface area contributed by atoms with Crippen LogP contribution in [0.3, 0.4) is 0 Å². The van der Waals surface area contributed by atoms with Crippen LogP contribution in [0.15, 0.2) is 6.07 Å². The maximum Gasteiger partial charge on any atom is 0.0596 e. The van der Waals surface area contributed by atoms with Gasteiger partial charge in [0.1, 0.15) is 0 Å². The molecule has 0 bridgehead atoms. The second-order valence-electron chi connectivity index (χ2n) is 4.71. The molecule has 1 aromatic rings. The Hall–Kier alpha value is -0.910. The minimum absolute atomic E-state index is 0.767. The molecule has 0 radical (unpaired) electrons. The van der Waals surface area contributed by atoms with E-state index in [2.05, 4.69) is 28.1 Å². The number of hydrogen-bond acceptors (Lipinski definition) is 4. The summed E-state index contributed by atoms with van der Waals surface area (Å²) in [5.74, 6) is 0. The highest BCUT2D eigenvalue weighted by molar-refractivity contribution is 5.06. The number of hydrogen-bond donors (Lipinski definition) is 1. The summed E-state index contributed by atoms with van der Waals surface area (Å²) in [7, 11) is 1.71. The first-order chi connectivity index (χ1) is 9.24. The van der Waals surface area contributed by atoms with Crippen LogP contribution in [0.5, 0.6) is 0 Å². The molecule has 0 atom stereocenters. The van der Waals surface area contributed by atoms with Gasteiger partial charge in [-0.15, -0.1) is 0 Å². The molecular formula is C14H27N3O2. The van der Waals surface area contributed by atoms with E-state index in [9.17, 15) is 0 Å². The average molecular weight is 269 g/mol. The van der Waals surface area contributed by atoms with E-state index < -0.39 is 0 Å². The smallest absolute Gasteiger partial charge is 0.0596 e. The van der Waals surface area contributed by atoms with E-state index in [4.69, 9.17) is 9.47 Å². The lowest BCUT2D eigenvalue weighted by molar-refractivity contribution is 0.104. The van der Waals surface area contributed by atoms with Crippen LogP contribution in [0.1, 0.15) is 24.2 Å². The van der Waals surface area contributed by atoms with Crippen LogP contribution in [0.25, 0.3) is 0 Å². The molecule has 0 aromatic carbocycles. The van der Waals surface area contributed by atoms with Gasteiger partial charge in [0.15, 0.2) is 0 Å². The average Bonchev–Trinajstić information content (AvgIpc) is 2.70. The predicted octanol–water partition coefficient (Wildman–Crippen LogP) is 1.53. The summed E-state index contributed by atoms with van der Waals surface area (Å²) < 4.78 is 12.5. The summed E-state index contributed by atoms with van der Waals surface area (Å²) >= 11 is 0. The number of aromatic nitrogens is 2. The molecule has 19 heavy (non-hydrogen) atoms. The van der Waals surface area contributed by atoms with E-state index in [0.29, 0.717) is 0 Å². The van der Waals surface area contributed by atoms with Gasteiger partial charge in [-0.2, -0.15) is 5.10 Å². The molecule has 1 rings (SSSR count). The summed E-state index contributed by atoms with van der Waals surface area (Å²) in [4.78, 5) is 0. The van der Waals surface area contributed by atoms with Gasteiger partial charge < -0.3 is 14.8 Å². The van der Waals surface area contributed by atoms with Crippen molar-refractivity contribution >= 4 is 0 Å². The van der Waals surface area contributed by atoms with Crippen molar-refractivity contribution in [2.75, 3.05) is 40.0 Å². The van der Waals surface area contributed by atoms with E-state index in [1.807, 2.05) is 6.92 Å². The molecule has 0 aliphatic heterocycles. The maximum absolute atomic E-state index is 5.46. The highest BCUT2D eigenvalue weighted by Crippen LogP contribution is 2.01. The zero-order valence-electron chi connectivity index (χ0n) is 12.4. The van der Waals surface area contributed by atoms with Crippen LogP contribution in [-0.2, 0) is 16.0 Å². The molecule has 5 nitrogen and oxygen atoms in total. The first-order valence-electron chi connectivity index (χ1n) is 7.02. The van der Waals surface area contributed by atoms with Crippen molar-refractivity contribution in [3.05, 3.63) is 17.5 Å². The van der Waals surface area contributed by atoms with Crippen LogP contribution in [-0.4, -0.2) is 49.8 Å².